The van der Waals surface area contributed by atoms with Gasteiger partial charge in [0.25, 0.3) is 0 Å². The molecule has 1 atom stereocenters. The second-order valence-corrected chi connectivity index (χ2v) is 11.3. The molecule has 2 rings (SSSR count). The molecule has 1 aromatic carbocycles. The Labute approximate surface area is 206 Å². The number of aliphatic hydroxyl groups is 1. The number of carbonyl (C=O) groups excluding carboxylic acids is 1. The van der Waals surface area contributed by atoms with Crippen LogP contribution in [-0.2, 0) is 23.9 Å². The summed E-state index contributed by atoms with van der Waals surface area (Å²) < 4.78 is 7.84. The molecule has 0 spiro atoms. The zero-order valence-corrected chi connectivity index (χ0v) is 22.9. The SMILES string of the molecule is CCC(CC)C(O)Cn1ccn(CC(=O)c2cc(C(C)(C)C)c(O)c(C(C)(C)C)c2)/c1=N\Br. The Bertz CT molecular complexity index is 999. The molecule has 0 aliphatic heterocycles. The maximum absolute atomic E-state index is 13.4. The Kier molecular flexibility index (Phi) is 8.80. The van der Waals surface area contributed by atoms with Gasteiger partial charge in [0.1, 0.15) is 5.75 Å². The van der Waals surface area contributed by atoms with Crippen LogP contribution < -0.4 is 5.62 Å². The quantitative estimate of drug-likeness (QED) is 0.451. The van der Waals surface area contributed by atoms with Crippen LogP contribution in [0.15, 0.2) is 28.5 Å². The minimum absolute atomic E-state index is 0.0632. The van der Waals surface area contributed by atoms with Gasteiger partial charge in [-0.2, -0.15) is 4.02 Å². The van der Waals surface area contributed by atoms with Crippen LogP contribution in [0.3, 0.4) is 0 Å². The predicted molar refractivity (Wildman–Crippen MR) is 137 cm³/mol. The van der Waals surface area contributed by atoms with Gasteiger partial charge in [-0.15, -0.1) is 0 Å². The van der Waals surface area contributed by atoms with Gasteiger partial charge in [0, 0.05) is 29.1 Å². The predicted octanol–water partition coefficient (Wildman–Crippen LogP) is 5.48. The van der Waals surface area contributed by atoms with Gasteiger partial charge in [0.05, 0.1) is 35.3 Å². The molecular weight excluding hydrogens is 482 g/mol. The summed E-state index contributed by atoms with van der Waals surface area (Å²) in [6.07, 6.45) is 4.99. The monoisotopic (exact) mass is 521 g/mol. The highest BCUT2D eigenvalue weighted by molar-refractivity contribution is 9.08. The number of aromatic hydroxyl groups is 1. The van der Waals surface area contributed by atoms with Crippen LogP contribution in [0, 0.1) is 5.92 Å². The average molecular weight is 523 g/mol. The molecule has 0 amide bonds. The van der Waals surface area contributed by atoms with Gasteiger partial charge < -0.3 is 19.3 Å². The Morgan fingerprint density at radius 1 is 1.00 bits per heavy atom. The van der Waals surface area contributed by atoms with E-state index in [-0.39, 0.29) is 34.8 Å². The summed E-state index contributed by atoms with van der Waals surface area (Å²) in [6, 6.07) is 3.62. The molecule has 0 fully saturated rings. The molecule has 1 aromatic heterocycles. The van der Waals surface area contributed by atoms with Gasteiger partial charge in [-0.05, 0) is 28.9 Å². The summed E-state index contributed by atoms with van der Waals surface area (Å²) in [5.74, 6) is 0.415. The van der Waals surface area contributed by atoms with Crippen molar-refractivity contribution in [2.45, 2.75) is 98.3 Å². The second-order valence-electron chi connectivity index (χ2n) is 10.9. The van der Waals surface area contributed by atoms with Gasteiger partial charge in [0.2, 0.25) is 5.62 Å². The molecule has 0 saturated carbocycles. The molecule has 1 heterocycles. The van der Waals surface area contributed by atoms with Gasteiger partial charge in [0.15, 0.2) is 5.78 Å². The van der Waals surface area contributed by atoms with E-state index < -0.39 is 6.10 Å². The lowest BCUT2D eigenvalue weighted by Crippen LogP contribution is -2.33. The normalized spacial score (nSPS) is 14.2. The summed E-state index contributed by atoms with van der Waals surface area (Å²) in [4.78, 5) is 13.4. The number of aliphatic hydroxyl groups excluding tert-OH is 1. The number of benzene rings is 1. The lowest BCUT2D eigenvalue weighted by Gasteiger charge is -2.28. The molecule has 1 unspecified atom stereocenters. The third kappa shape index (κ3) is 6.38. The molecular formula is C26H40BrN3O3. The van der Waals surface area contributed by atoms with E-state index in [1.54, 1.807) is 4.57 Å². The number of halogens is 1. The number of phenolic OH excluding ortho intramolecular Hbond substituents is 1. The molecule has 2 N–H and O–H groups in total. The van der Waals surface area contributed by atoms with E-state index in [4.69, 9.17) is 0 Å². The summed E-state index contributed by atoms with van der Waals surface area (Å²) >= 11 is 3.19. The largest absolute Gasteiger partial charge is 0.507 e. The molecule has 184 valence electrons. The lowest BCUT2D eigenvalue weighted by molar-refractivity contribution is 0.0843. The van der Waals surface area contributed by atoms with E-state index in [2.05, 4.69) is 34.0 Å². The third-order valence-corrected chi connectivity index (χ3v) is 6.67. The first-order valence-electron chi connectivity index (χ1n) is 11.7. The highest BCUT2D eigenvalue weighted by atomic mass is 79.9. The molecule has 0 saturated heterocycles. The van der Waals surface area contributed by atoms with E-state index in [0.29, 0.717) is 17.7 Å². The van der Waals surface area contributed by atoms with E-state index in [0.717, 1.165) is 24.0 Å². The number of ketones is 1. The molecule has 0 radical (unpaired) electrons. The maximum atomic E-state index is 13.4. The van der Waals surface area contributed by atoms with Crippen molar-refractivity contribution in [2.24, 2.45) is 9.94 Å². The van der Waals surface area contributed by atoms with E-state index in [9.17, 15) is 15.0 Å². The summed E-state index contributed by atoms with van der Waals surface area (Å²) in [6.45, 7) is 16.9. The number of aromatic nitrogens is 2. The average Bonchev–Trinajstić information content (AvgIpc) is 3.08. The van der Waals surface area contributed by atoms with E-state index in [1.807, 2.05) is 70.6 Å². The van der Waals surface area contributed by atoms with Crippen molar-refractivity contribution < 1.29 is 15.0 Å². The van der Waals surface area contributed by atoms with Crippen LogP contribution >= 0.6 is 16.1 Å². The summed E-state index contributed by atoms with van der Waals surface area (Å²) in [5.41, 5.74) is 2.05. The van der Waals surface area contributed by atoms with Crippen molar-refractivity contribution in [3.8, 4) is 5.75 Å². The number of hydrogen-bond acceptors (Lipinski definition) is 4. The molecule has 0 aliphatic rings. The first kappa shape index (κ1) is 27.4. The molecule has 7 heteroatoms. The summed E-state index contributed by atoms with van der Waals surface area (Å²) in [5, 5.41) is 21.6. The number of carbonyl (C=O) groups is 1. The van der Waals surface area contributed by atoms with E-state index >= 15 is 0 Å². The smallest absolute Gasteiger partial charge is 0.217 e. The molecule has 2 aromatic rings. The standard InChI is InChI=1S/C26H40BrN3O3/c1-9-17(10-2)21(31)15-29-11-12-30(24(29)28-27)16-22(32)18-13-19(25(3,4)5)23(33)20(14-18)26(6,7)8/h11-14,17,21,31,33H,9-10,15-16H2,1-8H3/b28-24-. The van der Waals surface area contributed by atoms with Crippen molar-refractivity contribution in [1.82, 2.24) is 9.13 Å². The molecule has 0 aliphatic carbocycles. The Morgan fingerprint density at radius 2 is 1.48 bits per heavy atom. The number of Topliss-reactive ketones (excluding diaryl/α,β-unsaturated/α-hetero) is 1. The maximum Gasteiger partial charge on any atom is 0.217 e. The van der Waals surface area contributed by atoms with Gasteiger partial charge in [-0.25, -0.2) is 0 Å². The van der Waals surface area contributed by atoms with Crippen LogP contribution in [0.5, 0.6) is 5.75 Å². The van der Waals surface area contributed by atoms with Crippen LogP contribution in [0.4, 0.5) is 0 Å². The number of imidazole rings is 1. The first-order chi connectivity index (χ1) is 15.2. The van der Waals surface area contributed by atoms with Gasteiger partial charge in [-0.3, -0.25) is 4.79 Å². The molecule has 33 heavy (non-hydrogen) atoms. The highest BCUT2D eigenvalue weighted by Crippen LogP contribution is 2.39. The lowest BCUT2D eigenvalue weighted by atomic mass is 9.78. The van der Waals surface area contributed by atoms with Crippen LogP contribution in [0.1, 0.15) is 89.7 Å². The first-order valence-corrected chi connectivity index (χ1v) is 12.4. The zero-order valence-electron chi connectivity index (χ0n) is 21.3. The molecule has 6 nitrogen and oxygen atoms in total. The minimum Gasteiger partial charge on any atom is -0.507 e. The van der Waals surface area contributed by atoms with Gasteiger partial charge in [-0.1, -0.05) is 68.2 Å². The highest BCUT2D eigenvalue weighted by Gasteiger charge is 2.28. The van der Waals surface area contributed by atoms with Crippen molar-refractivity contribution in [3.05, 3.63) is 46.8 Å². The number of hydrogen-bond donors (Lipinski definition) is 2. The second kappa shape index (κ2) is 10.6. The van der Waals surface area contributed by atoms with Crippen molar-refractivity contribution in [1.29, 1.82) is 0 Å². The Balaban J connectivity index is 2.42. The van der Waals surface area contributed by atoms with Crippen LogP contribution in [0.2, 0.25) is 0 Å². The Hall–Kier alpha value is -1.86. The van der Waals surface area contributed by atoms with Crippen LogP contribution in [-0.4, -0.2) is 31.2 Å². The van der Waals surface area contributed by atoms with Crippen molar-refractivity contribution >= 4 is 21.9 Å². The molecule has 0 bridgehead atoms. The number of phenols is 1. The fourth-order valence-electron chi connectivity index (χ4n) is 4.19. The van der Waals surface area contributed by atoms with E-state index in [1.165, 1.54) is 0 Å². The topological polar surface area (TPSA) is 79.8 Å². The zero-order chi connectivity index (χ0) is 25.1. The summed E-state index contributed by atoms with van der Waals surface area (Å²) in [7, 11) is 0. The van der Waals surface area contributed by atoms with Crippen LogP contribution in [0.25, 0.3) is 0 Å². The fourth-order valence-corrected chi connectivity index (χ4v) is 4.60. The number of rotatable bonds is 8. The fraction of sp³-hybridized carbons (Fsp3) is 0.615. The van der Waals surface area contributed by atoms with Crippen molar-refractivity contribution in [3.63, 3.8) is 0 Å². The third-order valence-electron chi connectivity index (χ3n) is 6.35. The number of nitrogens with zero attached hydrogens (tertiary/aromatic N) is 3. The Morgan fingerprint density at radius 3 is 1.91 bits per heavy atom. The van der Waals surface area contributed by atoms with Gasteiger partial charge >= 0.3 is 0 Å². The minimum atomic E-state index is -0.481. The van der Waals surface area contributed by atoms with Crippen molar-refractivity contribution in [2.75, 3.05) is 0 Å².